The van der Waals surface area contributed by atoms with Gasteiger partial charge in [0.2, 0.25) is 0 Å². The van der Waals surface area contributed by atoms with Gasteiger partial charge >= 0.3 is 12.4 Å². The Morgan fingerprint density at radius 1 is 0.933 bits per heavy atom. The molecule has 0 aliphatic heterocycles. The normalized spacial score (nSPS) is 13.8. The van der Waals surface area contributed by atoms with Crippen molar-refractivity contribution in [3.05, 3.63) is 71.7 Å². The highest BCUT2D eigenvalue weighted by Gasteiger charge is 2.38. The molecule has 2 aromatic heterocycles. The number of rotatable bonds is 3. The number of alkyl halides is 6. The van der Waals surface area contributed by atoms with Gasteiger partial charge in [0, 0.05) is 5.39 Å². The van der Waals surface area contributed by atoms with Crippen molar-refractivity contribution in [3.63, 3.8) is 0 Å². The zero-order chi connectivity index (χ0) is 21.7. The number of hydrogen-bond acceptors (Lipinski definition) is 3. The minimum absolute atomic E-state index is 0.199. The molecule has 1 unspecified atom stereocenters. The van der Waals surface area contributed by atoms with Gasteiger partial charge in [-0.15, -0.1) is 0 Å². The van der Waals surface area contributed by atoms with Crippen LogP contribution in [0.4, 0.5) is 26.3 Å². The van der Waals surface area contributed by atoms with E-state index in [0.717, 1.165) is 6.07 Å². The summed E-state index contributed by atoms with van der Waals surface area (Å²) in [6.07, 6.45) is -10.0. The molecule has 0 radical (unpaired) electrons. The number of pyridine rings is 1. The van der Waals surface area contributed by atoms with Crippen LogP contribution < -0.4 is 0 Å². The maximum Gasteiger partial charge on any atom is 0.433 e. The minimum atomic E-state index is -4.98. The maximum absolute atomic E-state index is 13.4. The number of hydrogen-bond donors (Lipinski definition) is 1. The van der Waals surface area contributed by atoms with Crippen LogP contribution in [0.25, 0.3) is 21.9 Å². The van der Waals surface area contributed by atoms with Crippen LogP contribution >= 0.6 is 0 Å². The number of benzene rings is 2. The van der Waals surface area contributed by atoms with Crippen LogP contribution in [0.2, 0.25) is 0 Å². The standard InChI is InChI=1S/C20H13F6N3O/c21-19(22,23)13-5-3-4-11-12(8-17(20(24,25)26)28-18(11)13)16(30)9-29-10-27-14-6-1-2-7-15(14)29/h1-8,10,16,30H,9H2. The van der Waals surface area contributed by atoms with Crippen LogP contribution in [0.5, 0.6) is 0 Å². The van der Waals surface area contributed by atoms with Crippen LogP contribution in [0, 0.1) is 0 Å². The SMILES string of the molecule is OC(Cn1cnc2ccccc21)c1cc(C(F)(F)F)nc2c(C(F)(F)F)cccc12. The lowest BCUT2D eigenvalue weighted by atomic mass is 9.99. The summed E-state index contributed by atoms with van der Waals surface area (Å²) in [7, 11) is 0. The smallest absolute Gasteiger partial charge is 0.387 e. The molecule has 30 heavy (non-hydrogen) atoms. The number of fused-ring (bicyclic) bond motifs is 2. The summed E-state index contributed by atoms with van der Waals surface area (Å²) in [5, 5.41) is 10.5. The lowest BCUT2D eigenvalue weighted by molar-refractivity contribution is -0.142. The number of aromatic nitrogens is 3. The Morgan fingerprint density at radius 3 is 2.37 bits per heavy atom. The Balaban J connectivity index is 1.88. The van der Waals surface area contributed by atoms with Gasteiger partial charge < -0.3 is 9.67 Å². The fraction of sp³-hybridized carbons (Fsp3) is 0.200. The largest absolute Gasteiger partial charge is 0.433 e. The molecule has 0 saturated heterocycles. The lowest BCUT2D eigenvalue weighted by Gasteiger charge is -2.19. The van der Waals surface area contributed by atoms with Gasteiger partial charge in [-0.25, -0.2) is 9.97 Å². The first kappa shape index (κ1) is 20.1. The quantitative estimate of drug-likeness (QED) is 0.450. The second-order valence-corrected chi connectivity index (χ2v) is 6.70. The molecule has 0 aliphatic rings. The number of aliphatic hydroxyl groups is 1. The third-order valence-electron chi connectivity index (χ3n) is 4.72. The second kappa shape index (κ2) is 6.98. The van der Waals surface area contributed by atoms with Gasteiger partial charge in [0.25, 0.3) is 0 Å². The van der Waals surface area contributed by atoms with Gasteiger partial charge in [-0.2, -0.15) is 26.3 Å². The van der Waals surface area contributed by atoms with Crippen LogP contribution in [-0.2, 0) is 18.9 Å². The lowest BCUT2D eigenvalue weighted by Crippen LogP contribution is -2.15. The summed E-state index contributed by atoms with van der Waals surface area (Å²) in [6.45, 7) is -0.201. The van der Waals surface area contributed by atoms with Crippen molar-refractivity contribution in [3.8, 4) is 0 Å². The van der Waals surface area contributed by atoms with Gasteiger partial charge in [-0.05, 0) is 29.8 Å². The zero-order valence-corrected chi connectivity index (χ0v) is 15.0. The molecule has 0 aliphatic carbocycles. The van der Waals surface area contributed by atoms with E-state index in [9.17, 15) is 31.4 Å². The van der Waals surface area contributed by atoms with Crippen LogP contribution in [-0.4, -0.2) is 19.6 Å². The average Bonchev–Trinajstić information content (AvgIpc) is 3.08. The van der Waals surface area contributed by atoms with Crippen molar-refractivity contribution < 1.29 is 31.4 Å². The topological polar surface area (TPSA) is 50.9 Å². The zero-order valence-electron chi connectivity index (χ0n) is 15.0. The summed E-state index contributed by atoms with van der Waals surface area (Å²) in [4.78, 5) is 7.37. The molecule has 0 saturated carbocycles. The molecule has 10 heteroatoms. The molecule has 0 spiro atoms. The van der Waals surface area contributed by atoms with Gasteiger partial charge in [0.1, 0.15) is 5.69 Å². The first-order chi connectivity index (χ1) is 14.1. The van der Waals surface area contributed by atoms with E-state index in [2.05, 4.69) is 9.97 Å². The summed E-state index contributed by atoms with van der Waals surface area (Å²) in [5.41, 5.74) is -2.72. The number of para-hydroxylation sites is 3. The van der Waals surface area contributed by atoms with E-state index in [-0.39, 0.29) is 17.5 Å². The summed E-state index contributed by atoms with van der Waals surface area (Å²) < 4.78 is 81.6. The number of halogens is 6. The Hall–Kier alpha value is -3.14. The van der Waals surface area contributed by atoms with Gasteiger partial charge in [0.05, 0.1) is 41.1 Å². The molecule has 0 bridgehead atoms. The number of nitrogens with zero attached hydrogens (tertiary/aromatic N) is 3. The Kier molecular flexibility index (Phi) is 4.69. The van der Waals surface area contributed by atoms with E-state index in [1.54, 1.807) is 24.3 Å². The average molecular weight is 425 g/mol. The number of imidazole rings is 1. The predicted octanol–water partition coefficient (Wildman–Crippen LogP) is 5.36. The van der Waals surface area contributed by atoms with E-state index in [1.165, 1.54) is 17.0 Å². The van der Waals surface area contributed by atoms with Crippen LogP contribution in [0.15, 0.2) is 54.9 Å². The molecule has 4 aromatic rings. The molecular formula is C20H13F6N3O. The van der Waals surface area contributed by atoms with Gasteiger partial charge in [-0.1, -0.05) is 24.3 Å². The van der Waals surface area contributed by atoms with Gasteiger partial charge in [0.15, 0.2) is 0 Å². The van der Waals surface area contributed by atoms with E-state index in [0.29, 0.717) is 23.2 Å². The fourth-order valence-electron chi connectivity index (χ4n) is 3.36. The molecule has 156 valence electrons. The van der Waals surface area contributed by atoms with Gasteiger partial charge in [-0.3, -0.25) is 0 Å². The summed E-state index contributed by atoms with van der Waals surface area (Å²) >= 11 is 0. The van der Waals surface area contributed by atoms with E-state index in [4.69, 9.17) is 0 Å². The second-order valence-electron chi connectivity index (χ2n) is 6.70. The third-order valence-corrected chi connectivity index (χ3v) is 4.72. The first-order valence-corrected chi connectivity index (χ1v) is 8.71. The van der Waals surface area contributed by atoms with Crippen molar-refractivity contribution in [2.45, 2.75) is 25.0 Å². The van der Waals surface area contributed by atoms with Crippen molar-refractivity contribution >= 4 is 21.9 Å². The van der Waals surface area contributed by atoms with E-state index in [1.807, 2.05) is 0 Å². The molecule has 0 amide bonds. The highest BCUT2D eigenvalue weighted by atomic mass is 19.4. The molecule has 2 aromatic carbocycles. The summed E-state index contributed by atoms with van der Waals surface area (Å²) in [6, 6.07) is 10.4. The van der Waals surface area contributed by atoms with E-state index < -0.39 is 35.2 Å². The van der Waals surface area contributed by atoms with Crippen molar-refractivity contribution in [1.82, 2.24) is 14.5 Å². The van der Waals surface area contributed by atoms with E-state index >= 15 is 0 Å². The Morgan fingerprint density at radius 2 is 1.67 bits per heavy atom. The number of aliphatic hydroxyl groups excluding tert-OH is 1. The van der Waals surface area contributed by atoms with Crippen molar-refractivity contribution in [2.24, 2.45) is 0 Å². The van der Waals surface area contributed by atoms with Crippen molar-refractivity contribution in [2.75, 3.05) is 0 Å². The molecule has 2 heterocycles. The third kappa shape index (κ3) is 3.58. The van der Waals surface area contributed by atoms with Crippen LogP contribution in [0.3, 0.4) is 0 Å². The first-order valence-electron chi connectivity index (χ1n) is 8.71. The maximum atomic E-state index is 13.4. The molecule has 1 N–H and O–H groups in total. The molecule has 4 rings (SSSR count). The molecular weight excluding hydrogens is 412 g/mol. The van der Waals surface area contributed by atoms with Crippen LogP contribution in [0.1, 0.15) is 22.9 Å². The predicted molar refractivity (Wildman–Crippen MR) is 96.4 cm³/mol. The molecule has 1 atom stereocenters. The monoisotopic (exact) mass is 425 g/mol. The van der Waals surface area contributed by atoms with Crippen molar-refractivity contribution in [1.29, 1.82) is 0 Å². The highest BCUT2D eigenvalue weighted by molar-refractivity contribution is 5.86. The Bertz CT molecular complexity index is 1230. The minimum Gasteiger partial charge on any atom is -0.387 e. The fourth-order valence-corrected chi connectivity index (χ4v) is 3.36. The highest BCUT2D eigenvalue weighted by Crippen LogP contribution is 2.39. The Labute approximate surface area is 165 Å². The molecule has 4 nitrogen and oxygen atoms in total. The molecule has 0 fully saturated rings. The summed E-state index contributed by atoms with van der Waals surface area (Å²) in [5.74, 6) is 0.